The van der Waals surface area contributed by atoms with Gasteiger partial charge in [-0.3, -0.25) is 0 Å². The molecule has 5 nitrogen and oxygen atoms in total. The topological polar surface area (TPSA) is 83.8 Å². The number of rotatable bonds is 12. The summed E-state index contributed by atoms with van der Waals surface area (Å²) in [7, 11) is 0. The molecule has 0 radical (unpaired) electrons. The van der Waals surface area contributed by atoms with Gasteiger partial charge < -0.3 is 14.9 Å². The molecule has 0 saturated heterocycles. The second-order valence-electron chi connectivity index (χ2n) is 8.25. The first-order chi connectivity index (χ1) is 16.5. The van der Waals surface area contributed by atoms with Gasteiger partial charge in [0.05, 0.1) is 17.7 Å². The first-order valence-electron chi connectivity index (χ1n) is 11.5. The predicted octanol–water partition coefficient (Wildman–Crippen LogP) is 6.38. The summed E-state index contributed by atoms with van der Waals surface area (Å²) in [6, 6.07) is 21.9. The van der Waals surface area contributed by atoms with E-state index in [9.17, 15) is 9.59 Å². The van der Waals surface area contributed by atoms with Gasteiger partial charge in [0.25, 0.3) is 0 Å². The quantitative estimate of drug-likeness (QED) is 0.329. The first-order valence-corrected chi connectivity index (χ1v) is 11.5. The molecule has 0 spiro atoms. The lowest BCUT2D eigenvalue weighted by atomic mass is 9.91. The van der Waals surface area contributed by atoms with Crippen molar-refractivity contribution >= 4 is 18.0 Å². The normalized spacial score (nSPS) is 11.9. The lowest BCUT2D eigenvalue weighted by Gasteiger charge is -2.14. The van der Waals surface area contributed by atoms with Crippen LogP contribution in [-0.4, -0.2) is 28.8 Å². The Bertz CT molecular complexity index is 1110. The van der Waals surface area contributed by atoms with E-state index < -0.39 is 11.9 Å². The minimum absolute atomic E-state index is 0.203. The third-order valence-electron chi connectivity index (χ3n) is 5.63. The molecule has 34 heavy (non-hydrogen) atoms. The van der Waals surface area contributed by atoms with Gasteiger partial charge in [0.1, 0.15) is 5.75 Å². The molecule has 3 aromatic rings. The van der Waals surface area contributed by atoms with E-state index in [0.29, 0.717) is 6.61 Å². The van der Waals surface area contributed by atoms with E-state index in [4.69, 9.17) is 14.9 Å². The van der Waals surface area contributed by atoms with Crippen LogP contribution in [0.4, 0.5) is 0 Å². The zero-order valence-electron chi connectivity index (χ0n) is 19.3. The second kappa shape index (κ2) is 12.4. The van der Waals surface area contributed by atoms with Crippen LogP contribution in [0.3, 0.4) is 0 Å². The van der Waals surface area contributed by atoms with Gasteiger partial charge in [0, 0.05) is 5.56 Å². The molecule has 0 heterocycles. The standard InChI is InChI=1S/C29H30O5/c1-2-19-34-27-6-4-3-5-24(27)14-11-22(20-23-12-17-26(18-13-23)29(32)33)8-7-21-9-15-25(16-10-21)28(30)31/h3-6,9-18,22H,2,7-8,19-20H2,1H3,(H,30,31)(H,32,33). The van der Waals surface area contributed by atoms with Crippen LogP contribution in [0, 0.1) is 5.92 Å². The Morgan fingerprint density at radius 1 is 0.853 bits per heavy atom. The van der Waals surface area contributed by atoms with Gasteiger partial charge >= 0.3 is 11.9 Å². The average Bonchev–Trinajstić information content (AvgIpc) is 2.85. The maximum atomic E-state index is 11.2. The molecule has 5 heteroatoms. The number of carboxylic acid groups (broad SMARTS) is 2. The summed E-state index contributed by atoms with van der Waals surface area (Å²) in [4.78, 5) is 22.3. The zero-order chi connectivity index (χ0) is 24.3. The van der Waals surface area contributed by atoms with Gasteiger partial charge in [-0.1, -0.05) is 61.5 Å². The maximum Gasteiger partial charge on any atom is 0.335 e. The molecule has 0 aliphatic heterocycles. The molecule has 0 saturated carbocycles. The highest BCUT2D eigenvalue weighted by atomic mass is 16.5. The summed E-state index contributed by atoms with van der Waals surface area (Å²) in [5.74, 6) is -0.805. The Morgan fingerprint density at radius 2 is 1.44 bits per heavy atom. The molecule has 0 aromatic heterocycles. The molecule has 2 N–H and O–H groups in total. The van der Waals surface area contributed by atoms with Gasteiger partial charge in [0.15, 0.2) is 0 Å². The van der Waals surface area contributed by atoms with Gasteiger partial charge in [-0.05, 0) is 73.1 Å². The molecule has 0 aliphatic carbocycles. The van der Waals surface area contributed by atoms with Crippen molar-refractivity contribution in [1.29, 1.82) is 0 Å². The van der Waals surface area contributed by atoms with Crippen LogP contribution < -0.4 is 4.74 Å². The predicted molar refractivity (Wildman–Crippen MR) is 134 cm³/mol. The Morgan fingerprint density at radius 3 is 2.03 bits per heavy atom. The SMILES string of the molecule is CCCOc1ccccc1C=CC(CCc1ccc(C(=O)O)cc1)Cc1ccc(C(=O)O)cc1. The number of allylic oxidation sites excluding steroid dienone is 1. The van der Waals surface area contributed by atoms with Crippen LogP contribution in [0.5, 0.6) is 5.75 Å². The van der Waals surface area contributed by atoms with E-state index in [0.717, 1.165) is 48.1 Å². The molecule has 3 rings (SSSR count). The molecule has 0 bridgehead atoms. The Labute approximate surface area is 200 Å². The third kappa shape index (κ3) is 7.34. The number of aromatic carboxylic acids is 2. The highest BCUT2D eigenvalue weighted by molar-refractivity contribution is 5.88. The van der Waals surface area contributed by atoms with Crippen molar-refractivity contribution in [3.8, 4) is 5.75 Å². The number of ether oxygens (including phenoxy) is 1. The monoisotopic (exact) mass is 458 g/mol. The summed E-state index contributed by atoms with van der Waals surface area (Å²) in [6.07, 6.45) is 7.65. The van der Waals surface area contributed by atoms with Gasteiger partial charge in [-0.2, -0.15) is 0 Å². The Hall–Kier alpha value is -3.86. The van der Waals surface area contributed by atoms with Crippen LogP contribution in [0.2, 0.25) is 0 Å². The maximum absolute atomic E-state index is 11.2. The summed E-state index contributed by atoms with van der Waals surface area (Å²) in [6.45, 7) is 2.74. The van der Waals surface area contributed by atoms with Crippen molar-refractivity contribution in [2.75, 3.05) is 6.61 Å². The molecule has 176 valence electrons. The number of aryl methyl sites for hydroxylation is 1. The Balaban J connectivity index is 1.77. The van der Waals surface area contributed by atoms with E-state index in [1.54, 1.807) is 24.3 Å². The fourth-order valence-corrected chi connectivity index (χ4v) is 3.72. The summed E-state index contributed by atoms with van der Waals surface area (Å²) < 4.78 is 5.88. The van der Waals surface area contributed by atoms with E-state index >= 15 is 0 Å². The van der Waals surface area contributed by atoms with Gasteiger partial charge in [0.2, 0.25) is 0 Å². The molecule has 1 atom stereocenters. The van der Waals surface area contributed by atoms with Crippen LogP contribution in [-0.2, 0) is 12.8 Å². The molecule has 1 unspecified atom stereocenters. The van der Waals surface area contributed by atoms with Crippen molar-refractivity contribution in [1.82, 2.24) is 0 Å². The highest BCUT2D eigenvalue weighted by Gasteiger charge is 2.10. The summed E-state index contributed by atoms with van der Waals surface area (Å²) in [5, 5.41) is 18.3. The number of carboxylic acids is 2. The first kappa shape index (κ1) is 24.8. The lowest BCUT2D eigenvalue weighted by molar-refractivity contribution is 0.0686. The summed E-state index contributed by atoms with van der Waals surface area (Å²) >= 11 is 0. The lowest BCUT2D eigenvalue weighted by Crippen LogP contribution is -2.05. The van der Waals surface area contributed by atoms with Crippen molar-refractivity contribution in [2.24, 2.45) is 5.92 Å². The van der Waals surface area contributed by atoms with Crippen molar-refractivity contribution < 1.29 is 24.5 Å². The minimum atomic E-state index is -0.934. The van der Waals surface area contributed by atoms with Crippen LogP contribution in [0.15, 0.2) is 78.9 Å². The molecule has 0 aliphatic rings. The van der Waals surface area contributed by atoms with Crippen LogP contribution >= 0.6 is 0 Å². The zero-order valence-corrected chi connectivity index (χ0v) is 19.3. The van der Waals surface area contributed by atoms with Gasteiger partial charge in [-0.15, -0.1) is 0 Å². The molecular formula is C29H30O5. The molecule has 0 fully saturated rings. The number of para-hydroxylation sites is 1. The summed E-state index contributed by atoms with van der Waals surface area (Å²) in [5.41, 5.74) is 3.72. The molecular weight excluding hydrogens is 428 g/mol. The second-order valence-corrected chi connectivity index (χ2v) is 8.25. The fourth-order valence-electron chi connectivity index (χ4n) is 3.72. The largest absolute Gasteiger partial charge is 0.493 e. The minimum Gasteiger partial charge on any atom is -0.493 e. The van der Waals surface area contributed by atoms with Crippen LogP contribution in [0.25, 0.3) is 6.08 Å². The van der Waals surface area contributed by atoms with Crippen molar-refractivity contribution in [2.45, 2.75) is 32.6 Å². The molecule has 0 amide bonds. The van der Waals surface area contributed by atoms with E-state index in [2.05, 4.69) is 19.1 Å². The number of carbonyl (C=O) groups is 2. The van der Waals surface area contributed by atoms with Gasteiger partial charge in [-0.25, -0.2) is 9.59 Å². The van der Waals surface area contributed by atoms with Crippen molar-refractivity contribution in [3.05, 3.63) is 107 Å². The van der Waals surface area contributed by atoms with E-state index in [1.807, 2.05) is 48.5 Å². The Kier molecular flexibility index (Phi) is 9.04. The highest BCUT2D eigenvalue weighted by Crippen LogP contribution is 2.23. The number of hydrogen-bond donors (Lipinski definition) is 2. The average molecular weight is 459 g/mol. The molecule has 3 aromatic carbocycles. The smallest absolute Gasteiger partial charge is 0.335 e. The van der Waals surface area contributed by atoms with E-state index in [-0.39, 0.29) is 17.0 Å². The number of hydrogen-bond acceptors (Lipinski definition) is 3. The fraction of sp³-hybridized carbons (Fsp3) is 0.241. The third-order valence-corrected chi connectivity index (χ3v) is 5.63. The number of benzene rings is 3. The van der Waals surface area contributed by atoms with E-state index in [1.165, 1.54) is 0 Å². The van der Waals surface area contributed by atoms with Crippen LogP contribution in [0.1, 0.15) is 57.2 Å². The van der Waals surface area contributed by atoms with Crippen molar-refractivity contribution in [3.63, 3.8) is 0 Å².